The van der Waals surface area contributed by atoms with Crippen LogP contribution in [0.1, 0.15) is 12.5 Å². The molecule has 11 heteroatoms. The Bertz CT molecular complexity index is 1030. The minimum Gasteiger partial charge on any atom is -0.442 e. The highest BCUT2D eigenvalue weighted by Gasteiger charge is 2.35. The Labute approximate surface area is 186 Å². The van der Waals surface area contributed by atoms with E-state index >= 15 is 0 Å². The molecule has 0 aromatic heterocycles. The first kappa shape index (κ1) is 23.4. The molecule has 0 unspecified atom stereocenters. The van der Waals surface area contributed by atoms with Crippen molar-refractivity contribution in [1.29, 1.82) is 0 Å². The van der Waals surface area contributed by atoms with E-state index in [1.807, 2.05) is 5.32 Å². The summed E-state index contributed by atoms with van der Waals surface area (Å²) >= 11 is 4.64. The molecule has 2 aromatic carbocycles. The van der Waals surface area contributed by atoms with Gasteiger partial charge in [0.2, 0.25) is 5.91 Å². The number of ether oxygens (including phenoxy) is 1. The maximum atomic E-state index is 14.8. The predicted molar refractivity (Wildman–Crippen MR) is 111 cm³/mol. The SMILES string of the molecule is CC(=O)NC[C@H]1CN(c2ccc(-c3ccc(CNC(=O)C(F)(F)Cl)cc3)c(F)c2)C(=O)O1. The molecule has 170 valence electrons. The van der Waals surface area contributed by atoms with Crippen molar-refractivity contribution in [3.63, 3.8) is 0 Å². The van der Waals surface area contributed by atoms with Crippen LogP contribution in [-0.4, -0.2) is 42.5 Å². The molecule has 2 N–H and O–H groups in total. The quantitative estimate of drug-likeness (QED) is 0.608. The van der Waals surface area contributed by atoms with E-state index in [4.69, 9.17) is 4.74 Å². The number of carbonyl (C=O) groups is 3. The van der Waals surface area contributed by atoms with Crippen LogP contribution >= 0.6 is 11.6 Å². The Morgan fingerprint density at radius 3 is 2.47 bits per heavy atom. The van der Waals surface area contributed by atoms with Crippen molar-refractivity contribution in [2.75, 3.05) is 18.0 Å². The lowest BCUT2D eigenvalue weighted by Crippen LogP contribution is -2.35. The van der Waals surface area contributed by atoms with Crippen molar-refractivity contribution in [3.05, 3.63) is 53.8 Å². The van der Waals surface area contributed by atoms with Crippen LogP contribution in [0.5, 0.6) is 0 Å². The van der Waals surface area contributed by atoms with Crippen LogP contribution < -0.4 is 15.5 Å². The van der Waals surface area contributed by atoms with E-state index in [0.29, 0.717) is 16.8 Å². The Balaban J connectivity index is 1.67. The van der Waals surface area contributed by atoms with Gasteiger partial charge in [-0.3, -0.25) is 14.5 Å². The molecular weight excluding hydrogens is 451 g/mol. The van der Waals surface area contributed by atoms with Crippen molar-refractivity contribution in [2.45, 2.75) is 25.0 Å². The van der Waals surface area contributed by atoms with Gasteiger partial charge in [0.15, 0.2) is 0 Å². The molecule has 32 heavy (non-hydrogen) atoms. The first-order valence-corrected chi connectivity index (χ1v) is 9.89. The summed E-state index contributed by atoms with van der Waals surface area (Å²) in [6.07, 6.45) is -1.18. The second-order valence-electron chi connectivity index (χ2n) is 7.09. The van der Waals surface area contributed by atoms with E-state index in [1.54, 1.807) is 30.3 Å². The standard InChI is InChI=1S/C21H19ClF3N3O4/c1-12(29)26-10-16-11-28(20(31)32-16)15-6-7-17(18(23)8-15)14-4-2-13(3-5-14)9-27-19(30)21(22,24)25/h2-8,16H,9-11H2,1H3,(H,26,29)(H,27,30)/t16-/m0/s1. The molecule has 7 nitrogen and oxygen atoms in total. The first-order chi connectivity index (χ1) is 15.0. The summed E-state index contributed by atoms with van der Waals surface area (Å²) in [4.78, 5) is 35.5. The van der Waals surface area contributed by atoms with Crippen molar-refractivity contribution < 1.29 is 32.3 Å². The van der Waals surface area contributed by atoms with Crippen LogP contribution in [0.25, 0.3) is 11.1 Å². The molecule has 1 saturated heterocycles. The Morgan fingerprint density at radius 1 is 1.19 bits per heavy atom. The van der Waals surface area contributed by atoms with Crippen molar-refractivity contribution in [1.82, 2.24) is 10.6 Å². The highest BCUT2D eigenvalue weighted by Crippen LogP contribution is 2.29. The molecule has 1 aliphatic rings. The summed E-state index contributed by atoms with van der Waals surface area (Å²) in [7, 11) is 0. The molecular formula is C21H19ClF3N3O4. The highest BCUT2D eigenvalue weighted by molar-refractivity contribution is 6.32. The van der Waals surface area contributed by atoms with Crippen LogP contribution in [0.3, 0.4) is 0 Å². The van der Waals surface area contributed by atoms with Gasteiger partial charge in [-0.2, -0.15) is 8.78 Å². The second kappa shape index (κ2) is 9.47. The molecule has 1 fully saturated rings. The zero-order valence-corrected chi connectivity index (χ0v) is 17.6. The highest BCUT2D eigenvalue weighted by atomic mass is 35.5. The average Bonchev–Trinajstić information content (AvgIpc) is 3.11. The lowest BCUT2D eigenvalue weighted by atomic mass is 10.0. The summed E-state index contributed by atoms with van der Waals surface area (Å²) in [6.45, 7) is 1.51. The number of cyclic esters (lactones) is 1. The molecule has 1 atom stereocenters. The number of nitrogens with zero attached hydrogens (tertiary/aromatic N) is 1. The van der Waals surface area contributed by atoms with E-state index in [-0.39, 0.29) is 31.1 Å². The van der Waals surface area contributed by atoms with Crippen LogP contribution in [0.4, 0.5) is 23.7 Å². The fourth-order valence-corrected chi connectivity index (χ4v) is 3.15. The molecule has 3 rings (SSSR count). The zero-order chi connectivity index (χ0) is 23.5. The summed E-state index contributed by atoms with van der Waals surface area (Å²) in [5, 5.41) is 0.579. The maximum absolute atomic E-state index is 14.8. The van der Waals surface area contributed by atoms with Crippen LogP contribution in [0.2, 0.25) is 0 Å². The Hall–Kier alpha value is -3.27. The van der Waals surface area contributed by atoms with Crippen molar-refractivity contribution >= 4 is 35.2 Å². The third kappa shape index (κ3) is 5.70. The summed E-state index contributed by atoms with van der Waals surface area (Å²) in [5.41, 5.74) is 1.60. The summed E-state index contributed by atoms with van der Waals surface area (Å²) < 4.78 is 45.3. The lowest BCUT2D eigenvalue weighted by Gasteiger charge is -2.15. The first-order valence-electron chi connectivity index (χ1n) is 9.51. The fourth-order valence-electron chi connectivity index (χ4n) is 3.09. The number of rotatable bonds is 7. The number of halogens is 4. The smallest absolute Gasteiger partial charge is 0.414 e. The summed E-state index contributed by atoms with van der Waals surface area (Å²) in [6, 6.07) is 10.5. The number of hydrogen-bond acceptors (Lipinski definition) is 4. The third-order valence-corrected chi connectivity index (χ3v) is 4.86. The predicted octanol–water partition coefficient (Wildman–Crippen LogP) is 3.40. The minimum atomic E-state index is -3.99. The average molecular weight is 470 g/mol. The van der Waals surface area contributed by atoms with Gasteiger partial charge >= 0.3 is 17.4 Å². The van der Waals surface area contributed by atoms with Gasteiger partial charge in [-0.15, -0.1) is 0 Å². The maximum Gasteiger partial charge on any atom is 0.414 e. The van der Waals surface area contributed by atoms with Crippen molar-refractivity contribution in [2.24, 2.45) is 0 Å². The largest absolute Gasteiger partial charge is 0.442 e. The van der Waals surface area contributed by atoms with Gasteiger partial charge in [0.25, 0.3) is 0 Å². The van der Waals surface area contributed by atoms with E-state index in [0.717, 1.165) is 0 Å². The molecule has 0 radical (unpaired) electrons. The number of carbonyl (C=O) groups excluding carboxylic acids is 3. The van der Waals surface area contributed by atoms with Gasteiger partial charge in [0.1, 0.15) is 11.9 Å². The molecule has 0 bridgehead atoms. The van der Waals surface area contributed by atoms with Gasteiger partial charge in [-0.1, -0.05) is 24.3 Å². The number of hydrogen-bond donors (Lipinski definition) is 2. The molecule has 0 spiro atoms. The topological polar surface area (TPSA) is 87.7 Å². The Morgan fingerprint density at radius 2 is 1.88 bits per heavy atom. The Kier molecular flexibility index (Phi) is 6.93. The summed E-state index contributed by atoms with van der Waals surface area (Å²) in [5.74, 6) is -2.44. The number of benzene rings is 2. The van der Waals surface area contributed by atoms with Crippen molar-refractivity contribution in [3.8, 4) is 11.1 Å². The molecule has 3 amide bonds. The number of nitrogens with one attached hydrogen (secondary N) is 2. The van der Waals surface area contributed by atoms with E-state index < -0.39 is 29.3 Å². The minimum absolute atomic E-state index is 0.160. The van der Waals surface area contributed by atoms with Crippen LogP contribution in [0, 0.1) is 5.82 Å². The van der Waals surface area contributed by atoms with E-state index in [2.05, 4.69) is 16.9 Å². The molecule has 0 saturated carbocycles. The van der Waals surface area contributed by atoms with Gasteiger partial charge in [0.05, 0.1) is 18.8 Å². The third-order valence-electron chi connectivity index (χ3n) is 4.69. The van der Waals surface area contributed by atoms with E-state index in [1.165, 1.54) is 24.0 Å². The van der Waals surface area contributed by atoms with Gasteiger partial charge in [-0.05, 0) is 40.9 Å². The second-order valence-corrected chi connectivity index (χ2v) is 7.57. The monoisotopic (exact) mass is 469 g/mol. The normalized spacial score (nSPS) is 16.0. The van der Waals surface area contributed by atoms with Crippen LogP contribution in [0.15, 0.2) is 42.5 Å². The van der Waals surface area contributed by atoms with Gasteiger partial charge < -0.3 is 15.4 Å². The fraction of sp³-hybridized carbons (Fsp3) is 0.286. The van der Waals surface area contributed by atoms with E-state index in [9.17, 15) is 27.6 Å². The van der Waals surface area contributed by atoms with Gasteiger partial charge in [-0.25, -0.2) is 9.18 Å². The molecule has 0 aliphatic carbocycles. The molecule has 1 heterocycles. The number of alkyl halides is 3. The molecule has 1 aliphatic heterocycles. The zero-order valence-electron chi connectivity index (χ0n) is 16.8. The number of amides is 3. The number of anilines is 1. The van der Waals surface area contributed by atoms with Crippen LogP contribution in [-0.2, 0) is 20.9 Å². The van der Waals surface area contributed by atoms with Gasteiger partial charge in [0, 0.05) is 19.0 Å². The molecule has 2 aromatic rings. The lowest BCUT2D eigenvalue weighted by molar-refractivity contribution is -0.135.